The van der Waals surface area contributed by atoms with Gasteiger partial charge >= 0.3 is 0 Å². The van der Waals surface area contributed by atoms with Crippen LogP contribution in [0.2, 0.25) is 18.1 Å². The number of carbonyl (C=O) groups excluding carboxylic acids is 1. The van der Waals surface area contributed by atoms with Gasteiger partial charge in [-0.2, -0.15) is 0 Å². The second-order valence-electron chi connectivity index (χ2n) is 6.04. The van der Waals surface area contributed by atoms with Crippen LogP contribution in [-0.4, -0.2) is 13.5 Å². The first-order valence-electron chi connectivity index (χ1n) is 5.58. The van der Waals surface area contributed by atoms with Crippen LogP contribution in [0.3, 0.4) is 0 Å². The van der Waals surface area contributed by atoms with Gasteiger partial charge in [-0.1, -0.05) is 49.8 Å². The Hall–Kier alpha value is 0.107. The SMILES string of the molecule is CC(C)(C)[Si](C)(C)C(=O)/C=C(\Br)C1CC1. The fraction of sp³-hybridized carbons (Fsp3) is 0.750. The third kappa shape index (κ3) is 3.03. The van der Waals surface area contributed by atoms with Gasteiger partial charge in [0.15, 0.2) is 0 Å². The lowest BCUT2D eigenvalue weighted by Gasteiger charge is -2.34. The second-order valence-corrected chi connectivity index (χ2v) is 12.2. The van der Waals surface area contributed by atoms with Crippen LogP contribution in [0.5, 0.6) is 0 Å². The topological polar surface area (TPSA) is 17.1 Å². The zero-order valence-electron chi connectivity index (χ0n) is 10.4. The average Bonchev–Trinajstić information content (AvgIpc) is 2.83. The van der Waals surface area contributed by atoms with Gasteiger partial charge in [0, 0.05) is 4.48 Å². The molecule has 0 aromatic heterocycles. The van der Waals surface area contributed by atoms with Gasteiger partial charge in [-0.3, -0.25) is 0 Å². The first-order valence-corrected chi connectivity index (χ1v) is 9.37. The minimum absolute atomic E-state index is 0.136. The van der Waals surface area contributed by atoms with E-state index in [4.69, 9.17) is 0 Å². The molecule has 1 aliphatic rings. The fourth-order valence-electron chi connectivity index (χ4n) is 1.15. The zero-order chi connectivity index (χ0) is 11.9. The molecule has 0 spiro atoms. The van der Waals surface area contributed by atoms with Gasteiger partial charge in [0.25, 0.3) is 0 Å². The van der Waals surface area contributed by atoms with Crippen LogP contribution >= 0.6 is 15.9 Å². The zero-order valence-corrected chi connectivity index (χ0v) is 12.9. The maximum absolute atomic E-state index is 12.2. The summed E-state index contributed by atoms with van der Waals surface area (Å²) in [6.45, 7) is 10.9. The van der Waals surface area contributed by atoms with Gasteiger partial charge in [0.05, 0.1) is 0 Å². The predicted octanol–water partition coefficient (Wildman–Crippen LogP) is 4.29. The van der Waals surface area contributed by atoms with Gasteiger partial charge < -0.3 is 4.79 Å². The molecule has 0 unspecified atom stereocenters. The molecule has 1 rings (SSSR count). The van der Waals surface area contributed by atoms with E-state index in [2.05, 4.69) is 49.8 Å². The van der Waals surface area contributed by atoms with Crippen LogP contribution in [0.25, 0.3) is 0 Å². The van der Waals surface area contributed by atoms with Gasteiger partial charge in [0.1, 0.15) is 13.5 Å². The number of halogens is 1. The Morgan fingerprint density at radius 3 is 2.13 bits per heavy atom. The van der Waals surface area contributed by atoms with Crippen LogP contribution in [0.4, 0.5) is 0 Å². The molecule has 0 aromatic carbocycles. The van der Waals surface area contributed by atoms with Crippen molar-refractivity contribution in [3.05, 3.63) is 10.6 Å². The van der Waals surface area contributed by atoms with Gasteiger partial charge in [-0.05, 0) is 29.9 Å². The average molecular weight is 289 g/mol. The van der Waals surface area contributed by atoms with E-state index in [-0.39, 0.29) is 5.04 Å². The highest BCUT2D eigenvalue weighted by Gasteiger charge is 2.41. The first kappa shape index (κ1) is 13.2. The molecule has 1 fully saturated rings. The Bertz CT molecular complexity index is 295. The summed E-state index contributed by atoms with van der Waals surface area (Å²) in [5.41, 5.74) is 0. The molecular weight excluding hydrogens is 268 g/mol. The van der Waals surface area contributed by atoms with Crippen molar-refractivity contribution in [1.29, 1.82) is 0 Å². The van der Waals surface area contributed by atoms with Crippen LogP contribution in [0.1, 0.15) is 33.6 Å². The smallest absolute Gasteiger partial charge is 0.137 e. The van der Waals surface area contributed by atoms with E-state index >= 15 is 0 Å². The van der Waals surface area contributed by atoms with Crippen LogP contribution in [-0.2, 0) is 4.79 Å². The quantitative estimate of drug-likeness (QED) is 0.559. The highest BCUT2D eigenvalue weighted by molar-refractivity contribution is 9.11. The number of allylic oxidation sites excluding steroid dienone is 2. The molecule has 15 heavy (non-hydrogen) atoms. The molecular formula is C12H21BrOSi. The summed E-state index contributed by atoms with van der Waals surface area (Å²) in [4.78, 5) is 12.2. The predicted molar refractivity (Wildman–Crippen MR) is 71.9 cm³/mol. The van der Waals surface area contributed by atoms with Crippen molar-refractivity contribution in [2.75, 3.05) is 0 Å². The van der Waals surface area contributed by atoms with Crippen LogP contribution < -0.4 is 0 Å². The molecule has 0 heterocycles. The summed E-state index contributed by atoms with van der Waals surface area (Å²) in [6.07, 6.45) is 4.33. The first-order chi connectivity index (χ1) is 6.66. The number of hydrogen-bond acceptors (Lipinski definition) is 1. The minimum atomic E-state index is -1.83. The Morgan fingerprint density at radius 1 is 1.33 bits per heavy atom. The molecule has 0 aromatic rings. The van der Waals surface area contributed by atoms with Gasteiger partial charge in [-0.25, -0.2) is 0 Å². The van der Waals surface area contributed by atoms with Gasteiger partial charge in [0.2, 0.25) is 0 Å². The fourth-order valence-corrected chi connectivity index (χ4v) is 3.28. The summed E-state index contributed by atoms with van der Waals surface area (Å²) < 4.78 is 1.12. The summed E-state index contributed by atoms with van der Waals surface area (Å²) in [7, 11) is -1.83. The third-order valence-electron chi connectivity index (χ3n) is 3.73. The molecule has 3 heteroatoms. The lowest BCUT2D eigenvalue weighted by molar-refractivity contribution is -0.108. The molecule has 0 amide bonds. The molecule has 0 aliphatic heterocycles. The molecule has 1 nitrogen and oxygen atoms in total. The Morgan fingerprint density at radius 2 is 1.80 bits per heavy atom. The van der Waals surface area contributed by atoms with E-state index in [1.165, 1.54) is 12.8 Å². The van der Waals surface area contributed by atoms with E-state index in [1.807, 2.05) is 6.08 Å². The highest BCUT2D eigenvalue weighted by Crippen LogP contribution is 2.41. The van der Waals surface area contributed by atoms with Crippen molar-refractivity contribution in [1.82, 2.24) is 0 Å². The largest absolute Gasteiger partial charge is 0.301 e. The van der Waals surface area contributed by atoms with Crippen molar-refractivity contribution in [2.45, 2.75) is 51.7 Å². The normalized spacial score (nSPS) is 19.2. The molecule has 86 valence electrons. The second kappa shape index (κ2) is 4.17. The summed E-state index contributed by atoms with van der Waals surface area (Å²) in [6, 6.07) is 0. The third-order valence-corrected chi connectivity index (χ3v) is 9.73. The number of hydrogen-bond donors (Lipinski definition) is 0. The van der Waals surface area contributed by atoms with Crippen molar-refractivity contribution in [3.8, 4) is 0 Å². The van der Waals surface area contributed by atoms with E-state index in [9.17, 15) is 4.79 Å². The van der Waals surface area contributed by atoms with Crippen molar-refractivity contribution >= 4 is 29.4 Å². The lowest BCUT2D eigenvalue weighted by Crippen LogP contribution is -2.45. The van der Waals surface area contributed by atoms with Crippen LogP contribution in [0.15, 0.2) is 10.6 Å². The van der Waals surface area contributed by atoms with Crippen molar-refractivity contribution < 1.29 is 4.79 Å². The maximum Gasteiger partial charge on any atom is 0.137 e. The van der Waals surface area contributed by atoms with E-state index in [0.717, 1.165) is 4.48 Å². The maximum atomic E-state index is 12.2. The molecule has 0 N–H and O–H groups in total. The Kier molecular flexibility index (Phi) is 3.66. The summed E-state index contributed by atoms with van der Waals surface area (Å²) in [5, 5.41) is 0.506. The minimum Gasteiger partial charge on any atom is -0.301 e. The van der Waals surface area contributed by atoms with Crippen LogP contribution in [0, 0.1) is 5.92 Å². The summed E-state index contributed by atoms with van der Waals surface area (Å²) >= 11 is 3.53. The number of carbonyl (C=O) groups is 1. The molecule has 0 radical (unpaired) electrons. The lowest BCUT2D eigenvalue weighted by atomic mass is 10.2. The van der Waals surface area contributed by atoms with Gasteiger partial charge in [-0.15, -0.1) is 0 Å². The monoisotopic (exact) mass is 288 g/mol. The van der Waals surface area contributed by atoms with E-state index < -0.39 is 8.07 Å². The van der Waals surface area contributed by atoms with Crippen molar-refractivity contribution in [3.63, 3.8) is 0 Å². The molecule has 1 saturated carbocycles. The van der Waals surface area contributed by atoms with E-state index in [1.54, 1.807) is 0 Å². The van der Waals surface area contributed by atoms with E-state index in [0.29, 0.717) is 11.3 Å². The molecule has 1 aliphatic carbocycles. The Labute approximate surface area is 102 Å². The molecule has 0 saturated heterocycles. The highest BCUT2D eigenvalue weighted by atomic mass is 79.9. The summed E-state index contributed by atoms with van der Waals surface area (Å²) in [5.74, 6) is 0.638. The Balaban J connectivity index is 2.79. The van der Waals surface area contributed by atoms with Crippen molar-refractivity contribution in [2.24, 2.45) is 5.92 Å². The molecule has 0 atom stereocenters. The standard InChI is InChI=1S/C12H21BrOSi/c1-12(2,3)15(4,5)11(14)8-10(13)9-6-7-9/h8-9H,6-7H2,1-5H3/b10-8-. The number of rotatable bonds is 3. The molecule has 0 bridgehead atoms.